The number of hydrogen-bond donors (Lipinski definition) is 5. The summed E-state index contributed by atoms with van der Waals surface area (Å²) in [5.41, 5.74) is 1.49. The Bertz CT molecular complexity index is 1090. The number of aromatic nitrogens is 6. The molecule has 0 aromatic carbocycles. The van der Waals surface area contributed by atoms with Crippen LogP contribution in [0.2, 0.25) is 0 Å². The first-order valence-corrected chi connectivity index (χ1v) is 16.7. The molecule has 0 bridgehead atoms. The van der Waals surface area contributed by atoms with Crippen LogP contribution in [0.4, 0.5) is 4.79 Å². The number of carbonyl (C=O) groups is 3. The van der Waals surface area contributed by atoms with Crippen molar-refractivity contribution in [3.05, 3.63) is 23.8 Å². The third-order valence-corrected chi connectivity index (χ3v) is 7.82. The van der Waals surface area contributed by atoms with Gasteiger partial charge in [0, 0.05) is 50.4 Å². The van der Waals surface area contributed by atoms with Gasteiger partial charge in [-0.25, -0.2) is 4.79 Å². The lowest BCUT2D eigenvalue weighted by atomic mass is 10.0. The third kappa shape index (κ3) is 15.8. The van der Waals surface area contributed by atoms with Gasteiger partial charge >= 0.3 is 6.09 Å². The molecular formula is C31H54N10O4. The summed E-state index contributed by atoms with van der Waals surface area (Å²) in [7, 11) is 0. The number of nitrogens with one attached hydrogen (secondary N) is 5. The lowest BCUT2D eigenvalue weighted by molar-refractivity contribution is -0.123. The molecule has 4 rings (SSSR count). The lowest BCUT2D eigenvalue weighted by Gasteiger charge is -2.33. The largest absolute Gasteiger partial charge is 0.444 e. The highest BCUT2D eigenvalue weighted by molar-refractivity contribution is 5.76. The molecule has 0 spiro atoms. The number of rotatable bonds is 14. The van der Waals surface area contributed by atoms with Gasteiger partial charge in [0.1, 0.15) is 5.60 Å². The molecular weight excluding hydrogens is 576 g/mol. The summed E-state index contributed by atoms with van der Waals surface area (Å²) < 4.78 is 5.39. The molecule has 0 saturated carbocycles. The van der Waals surface area contributed by atoms with Crippen LogP contribution in [0.5, 0.6) is 0 Å². The van der Waals surface area contributed by atoms with Gasteiger partial charge in [-0.1, -0.05) is 23.3 Å². The summed E-state index contributed by atoms with van der Waals surface area (Å²) in [6.45, 7) is 8.87. The van der Waals surface area contributed by atoms with E-state index in [0.29, 0.717) is 32.0 Å². The topological polar surface area (TPSA) is 183 Å². The molecule has 252 valence electrons. The predicted octanol–water partition coefficient (Wildman–Crippen LogP) is 3.20. The zero-order valence-electron chi connectivity index (χ0n) is 27.4. The summed E-state index contributed by atoms with van der Waals surface area (Å²) in [5, 5.41) is 30.1. The molecule has 5 N–H and O–H groups in total. The molecule has 2 aliphatic heterocycles. The number of carbonyl (C=O) groups excluding carboxylic acids is 3. The Labute approximate surface area is 267 Å². The molecule has 45 heavy (non-hydrogen) atoms. The summed E-state index contributed by atoms with van der Waals surface area (Å²) in [5.74, 6) is 0.301. The van der Waals surface area contributed by atoms with Crippen LogP contribution in [0.25, 0.3) is 0 Å². The highest BCUT2D eigenvalue weighted by Crippen LogP contribution is 2.16. The fourth-order valence-corrected chi connectivity index (χ4v) is 5.33. The molecule has 2 saturated heterocycles. The van der Waals surface area contributed by atoms with Crippen LogP contribution >= 0.6 is 0 Å². The van der Waals surface area contributed by atoms with Crippen molar-refractivity contribution in [3.63, 3.8) is 0 Å². The molecule has 2 aromatic heterocycles. The molecule has 14 heteroatoms. The number of hydrogen-bond acceptors (Lipinski definition) is 9. The van der Waals surface area contributed by atoms with E-state index in [4.69, 9.17) is 4.74 Å². The normalized spacial score (nSPS) is 16.0. The van der Waals surface area contributed by atoms with Crippen LogP contribution < -0.4 is 16.0 Å². The van der Waals surface area contributed by atoms with E-state index in [1.807, 2.05) is 27.0 Å². The number of aryl methyl sites for hydroxylation is 2. The monoisotopic (exact) mass is 630 g/mol. The first-order valence-electron chi connectivity index (χ1n) is 16.7. The number of H-pyrrole nitrogens is 2. The second-order valence-corrected chi connectivity index (χ2v) is 13.0. The van der Waals surface area contributed by atoms with Gasteiger partial charge in [0.2, 0.25) is 11.8 Å². The molecule has 4 heterocycles. The Hall–Kier alpha value is -3.55. The standard InChI is InChI=1S/C18H31N5O3.C13H23N5O/c1-18(2,3)26-17(25)23-11-9-14(10-12-23)20-16(24)8-6-4-5-7-15-13-19-22-21-15;19-13(16-11-6-8-14-9-7-11)5-3-1-2-4-12-10-15-18-17-12/h13-14H,4-12H2,1-3H3,(H,20,24)(H,19,21,22);10-11,14H,1-9H2,(H,16,19)(H,15,17,18). The number of piperidine rings is 2. The van der Waals surface area contributed by atoms with Crippen LogP contribution in [0.1, 0.15) is 109 Å². The highest BCUT2D eigenvalue weighted by Gasteiger charge is 2.27. The fourth-order valence-electron chi connectivity index (χ4n) is 5.33. The Morgan fingerprint density at radius 1 is 0.778 bits per heavy atom. The van der Waals surface area contributed by atoms with E-state index in [9.17, 15) is 14.4 Å². The van der Waals surface area contributed by atoms with E-state index >= 15 is 0 Å². The molecule has 2 fully saturated rings. The van der Waals surface area contributed by atoms with Crippen molar-refractivity contribution in [2.75, 3.05) is 26.2 Å². The zero-order chi connectivity index (χ0) is 32.3. The van der Waals surface area contributed by atoms with Gasteiger partial charge in [-0.2, -0.15) is 0 Å². The number of nitrogens with zero attached hydrogens (tertiary/aromatic N) is 5. The van der Waals surface area contributed by atoms with Crippen LogP contribution in [0.3, 0.4) is 0 Å². The second-order valence-electron chi connectivity index (χ2n) is 13.0. The minimum Gasteiger partial charge on any atom is -0.444 e. The average Bonchev–Trinajstić information content (AvgIpc) is 3.72. The number of amides is 3. The second kappa shape index (κ2) is 19.8. The molecule has 2 aliphatic rings. The third-order valence-electron chi connectivity index (χ3n) is 7.82. The van der Waals surface area contributed by atoms with Crippen molar-refractivity contribution in [1.29, 1.82) is 0 Å². The van der Waals surface area contributed by atoms with E-state index < -0.39 is 5.60 Å². The molecule has 0 radical (unpaired) electrons. The van der Waals surface area contributed by atoms with Crippen LogP contribution in [-0.2, 0) is 27.2 Å². The summed E-state index contributed by atoms with van der Waals surface area (Å²) in [6, 6.07) is 0.528. The van der Waals surface area contributed by atoms with Crippen molar-refractivity contribution in [2.45, 2.75) is 128 Å². The maximum absolute atomic E-state index is 12.1. The van der Waals surface area contributed by atoms with Gasteiger partial charge in [0.15, 0.2) is 0 Å². The van der Waals surface area contributed by atoms with Crippen LogP contribution in [0.15, 0.2) is 12.4 Å². The first-order chi connectivity index (χ1) is 21.7. The Kier molecular flexibility index (Phi) is 15.8. The number of likely N-dealkylation sites (tertiary alicyclic amines) is 1. The average molecular weight is 631 g/mol. The zero-order valence-corrected chi connectivity index (χ0v) is 27.4. The van der Waals surface area contributed by atoms with Crippen molar-refractivity contribution in [3.8, 4) is 0 Å². The fraction of sp³-hybridized carbons (Fsp3) is 0.774. The van der Waals surface area contributed by atoms with Gasteiger partial charge in [0.05, 0.1) is 11.4 Å². The molecule has 14 nitrogen and oxygen atoms in total. The molecule has 2 aromatic rings. The maximum atomic E-state index is 12.1. The lowest BCUT2D eigenvalue weighted by Crippen LogP contribution is -2.47. The van der Waals surface area contributed by atoms with Gasteiger partial charge in [-0.15, -0.1) is 10.2 Å². The minimum atomic E-state index is -0.476. The van der Waals surface area contributed by atoms with Gasteiger partial charge in [0.25, 0.3) is 0 Å². The van der Waals surface area contributed by atoms with Crippen molar-refractivity contribution in [2.24, 2.45) is 0 Å². The Morgan fingerprint density at radius 2 is 1.27 bits per heavy atom. The maximum Gasteiger partial charge on any atom is 0.410 e. The van der Waals surface area contributed by atoms with Gasteiger partial charge in [-0.05, 0) is 98.1 Å². The SMILES string of the molecule is CC(C)(C)OC(=O)N1CCC(NC(=O)CCCCCc2c[nH]nn2)CC1.O=C(CCCCCc1c[nH]nn1)NC1CCNCC1. The number of ether oxygens (including phenoxy) is 1. The van der Waals surface area contributed by atoms with E-state index in [1.165, 1.54) is 0 Å². The minimum absolute atomic E-state index is 0.0992. The van der Waals surface area contributed by atoms with E-state index in [2.05, 4.69) is 46.8 Å². The van der Waals surface area contributed by atoms with E-state index in [-0.39, 0.29) is 23.9 Å². The first kappa shape index (κ1) is 35.9. The van der Waals surface area contributed by atoms with Crippen molar-refractivity contribution in [1.82, 2.24) is 51.7 Å². The summed E-state index contributed by atoms with van der Waals surface area (Å²) >= 11 is 0. The number of unbranched alkanes of at least 4 members (excludes halogenated alkanes) is 4. The Morgan fingerprint density at radius 3 is 1.71 bits per heavy atom. The van der Waals surface area contributed by atoms with Gasteiger partial charge < -0.3 is 25.6 Å². The molecule has 0 atom stereocenters. The van der Waals surface area contributed by atoms with E-state index in [0.717, 1.165) is 102 Å². The summed E-state index contributed by atoms with van der Waals surface area (Å²) in [4.78, 5) is 37.6. The molecule has 0 unspecified atom stereocenters. The van der Waals surface area contributed by atoms with Gasteiger partial charge in [-0.3, -0.25) is 19.8 Å². The Balaban J connectivity index is 0.000000257. The van der Waals surface area contributed by atoms with Crippen molar-refractivity contribution < 1.29 is 19.1 Å². The highest BCUT2D eigenvalue weighted by atomic mass is 16.6. The molecule has 3 amide bonds. The summed E-state index contributed by atoms with van der Waals surface area (Å²) in [6.07, 6.45) is 16.0. The quantitative estimate of drug-likeness (QED) is 0.196. The van der Waals surface area contributed by atoms with Crippen LogP contribution in [0, 0.1) is 0 Å². The van der Waals surface area contributed by atoms with Crippen molar-refractivity contribution >= 4 is 17.9 Å². The predicted molar refractivity (Wildman–Crippen MR) is 170 cm³/mol. The smallest absolute Gasteiger partial charge is 0.410 e. The van der Waals surface area contributed by atoms with E-state index in [1.54, 1.807) is 11.1 Å². The number of aromatic amines is 2. The van der Waals surface area contributed by atoms with Crippen LogP contribution in [-0.4, -0.2) is 97.5 Å². The molecule has 0 aliphatic carbocycles.